The largest absolute Gasteiger partial charge is 0.330 e. The number of alkyl halides is 2. The third-order valence-corrected chi connectivity index (χ3v) is 4.88. The highest BCUT2D eigenvalue weighted by molar-refractivity contribution is 6.30. The van der Waals surface area contributed by atoms with E-state index in [4.69, 9.17) is 11.6 Å². The fourth-order valence-electron chi connectivity index (χ4n) is 3.09. The van der Waals surface area contributed by atoms with Crippen LogP contribution in [0.25, 0.3) is 16.9 Å². The lowest BCUT2D eigenvalue weighted by atomic mass is 10.1. The predicted octanol–water partition coefficient (Wildman–Crippen LogP) is 4.67. The van der Waals surface area contributed by atoms with Crippen LogP contribution in [-0.2, 0) is 12.5 Å². The summed E-state index contributed by atoms with van der Waals surface area (Å²) in [5.74, 6) is -7.59. The molecular weight excluding hydrogens is 424 g/mol. The second kappa shape index (κ2) is 7.24. The molecule has 0 aliphatic carbocycles. The van der Waals surface area contributed by atoms with Crippen LogP contribution in [0.1, 0.15) is 18.3 Å². The molecule has 154 valence electrons. The molecule has 0 bridgehead atoms. The average molecular weight is 437 g/mol. The lowest BCUT2D eigenvalue weighted by Crippen LogP contribution is -2.32. The first-order valence-corrected chi connectivity index (χ1v) is 9.19. The number of halogens is 5. The van der Waals surface area contributed by atoms with Gasteiger partial charge in [0.2, 0.25) is 0 Å². The summed E-state index contributed by atoms with van der Waals surface area (Å²) in [6, 6.07) is 7.33. The van der Waals surface area contributed by atoms with E-state index in [-0.39, 0.29) is 16.9 Å². The summed E-state index contributed by atoms with van der Waals surface area (Å²) < 4.78 is 60.1. The summed E-state index contributed by atoms with van der Waals surface area (Å²) >= 11 is 5.87. The van der Waals surface area contributed by atoms with Gasteiger partial charge in [-0.1, -0.05) is 11.6 Å². The van der Waals surface area contributed by atoms with Gasteiger partial charge in [0.1, 0.15) is 0 Å². The lowest BCUT2D eigenvalue weighted by molar-refractivity contribution is 0.0298. The number of fused-ring (bicyclic) bond motifs is 1. The van der Waals surface area contributed by atoms with Gasteiger partial charge < -0.3 is 4.57 Å². The Bertz CT molecular complexity index is 1320. The van der Waals surface area contributed by atoms with E-state index in [1.165, 1.54) is 35.2 Å². The summed E-state index contributed by atoms with van der Waals surface area (Å²) in [5.41, 5.74) is -1.74. The van der Waals surface area contributed by atoms with Crippen LogP contribution in [0.2, 0.25) is 5.02 Å². The van der Waals surface area contributed by atoms with Gasteiger partial charge >= 0.3 is 5.92 Å². The SMILES string of the molecule is CCn1cnc2c(=O)n(-c3ccc(Cl)cc3)c(C(F)(F)c3ccc(F)c(F)c3)nc21. The van der Waals surface area contributed by atoms with Crippen molar-refractivity contribution in [3.05, 3.63) is 87.2 Å². The topological polar surface area (TPSA) is 52.7 Å². The van der Waals surface area contributed by atoms with Gasteiger partial charge in [-0.15, -0.1) is 0 Å². The summed E-state index contributed by atoms with van der Waals surface area (Å²) in [6.07, 6.45) is 1.32. The molecule has 4 rings (SSSR count). The number of aromatic nitrogens is 4. The van der Waals surface area contributed by atoms with Crippen LogP contribution in [0.4, 0.5) is 17.6 Å². The number of imidazole rings is 1. The van der Waals surface area contributed by atoms with Crippen LogP contribution < -0.4 is 5.56 Å². The summed E-state index contributed by atoms with van der Waals surface area (Å²) in [4.78, 5) is 21.1. The molecule has 2 heterocycles. The molecule has 0 saturated carbocycles. The van der Waals surface area contributed by atoms with E-state index in [2.05, 4.69) is 9.97 Å². The number of benzene rings is 2. The minimum Gasteiger partial charge on any atom is -0.315 e. The van der Waals surface area contributed by atoms with E-state index in [0.717, 1.165) is 6.07 Å². The van der Waals surface area contributed by atoms with Crippen molar-refractivity contribution in [2.45, 2.75) is 19.4 Å². The maximum Gasteiger partial charge on any atom is 0.330 e. The van der Waals surface area contributed by atoms with Crippen LogP contribution in [0.3, 0.4) is 0 Å². The van der Waals surface area contributed by atoms with E-state index in [9.17, 15) is 13.6 Å². The second-order valence-corrected chi connectivity index (χ2v) is 6.89. The zero-order valence-corrected chi connectivity index (χ0v) is 16.2. The highest BCUT2D eigenvalue weighted by Gasteiger charge is 2.41. The Balaban J connectivity index is 2.08. The summed E-state index contributed by atoms with van der Waals surface area (Å²) in [7, 11) is 0. The first kappa shape index (κ1) is 20.1. The Morgan fingerprint density at radius 3 is 2.40 bits per heavy atom. The summed E-state index contributed by atoms with van der Waals surface area (Å²) in [6.45, 7) is 2.07. The Labute approximate surface area is 172 Å². The zero-order valence-electron chi connectivity index (χ0n) is 15.4. The fraction of sp³-hybridized carbons (Fsp3) is 0.150. The predicted molar refractivity (Wildman–Crippen MR) is 103 cm³/mol. The maximum atomic E-state index is 15.5. The Kier molecular flexibility index (Phi) is 4.85. The van der Waals surface area contributed by atoms with Gasteiger partial charge in [-0.25, -0.2) is 18.7 Å². The highest BCUT2D eigenvalue weighted by Crippen LogP contribution is 2.36. The monoisotopic (exact) mass is 436 g/mol. The number of nitrogens with zero attached hydrogens (tertiary/aromatic N) is 4. The van der Waals surface area contributed by atoms with Gasteiger partial charge in [0.15, 0.2) is 28.6 Å². The molecule has 0 unspecified atom stereocenters. The van der Waals surface area contributed by atoms with Crippen molar-refractivity contribution in [3.8, 4) is 5.69 Å². The smallest absolute Gasteiger partial charge is 0.315 e. The van der Waals surface area contributed by atoms with Crippen LogP contribution in [0.15, 0.2) is 53.6 Å². The first-order chi connectivity index (χ1) is 14.2. The third kappa shape index (κ3) is 3.15. The first-order valence-electron chi connectivity index (χ1n) is 8.81. The molecule has 0 aliphatic heterocycles. The van der Waals surface area contributed by atoms with Gasteiger partial charge in [-0.05, 0) is 49.4 Å². The highest BCUT2D eigenvalue weighted by atomic mass is 35.5. The minimum absolute atomic E-state index is 0.0371. The summed E-state index contributed by atoms with van der Waals surface area (Å²) in [5, 5.41) is 0.338. The van der Waals surface area contributed by atoms with Crippen molar-refractivity contribution in [2.24, 2.45) is 0 Å². The van der Waals surface area contributed by atoms with Crippen LogP contribution >= 0.6 is 11.6 Å². The number of hydrogen-bond donors (Lipinski definition) is 0. The van der Waals surface area contributed by atoms with Crippen molar-refractivity contribution in [2.75, 3.05) is 0 Å². The molecule has 4 aromatic rings. The molecule has 0 N–H and O–H groups in total. The number of hydrogen-bond acceptors (Lipinski definition) is 3. The molecule has 5 nitrogen and oxygen atoms in total. The molecule has 0 amide bonds. The molecule has 10 heteroatoms. The quantitative estimate of drug-likeness (QED) is 0.437. The van der Waals surface area contributed by atoms with Gasteiger partial charge in [0.05, 0.1) is 12.0 Å². The van der Waals surface area contributed by atoms with Crippen molar-refractivity contribution in [1.29, 1.82) is 0 Å². The van der Waals surface area contributed by atoms with Gasteiger partial charge in [0, 0.05) is 17.1 Å². The van der Waals surface area contributed by atoms with Crippen LogP contribution in [0, 0.1) is 11.6 Å². The molecule has 0 spiro atoms. The molecule has 2 aromatic heterocycles. The average Bonchev–Trinajstić information content (AvgIpc) is 3.14. The molecule has 0 saturated heterocycles. The fourth-order valence-corrected chi connectivity index (χ4v) is 3.21. The Morgan fingerprint density at radius 1 is 1.07 bits per heavy atom. The van der Waals surface area contributed by atoms with E-state index >= 15 is 8.78 Å². The van der Waals surface area contributed by atoms with E-state index < -0.39 is 34.5 Å². The molecule has 0 fully saturated rings. The van der Waals surface area contributed by atoms with Gasteiger partial charge in [0.25, 0.3) is 5.56 Å². The minimum atomic E-state index is -3.93. The molecule has 0 aliphatic rings. The van der Waals surface area contributed by atoms with Gasteiger partial charge in [-0.3, -0.25) is 9.36 Å². The zero-order chi connectivity index (χ0) is 21.6. The van der Waals surface area contributed by atoms with E-state index in [0.29, 0.717) is 28.3 Å². The maximum absolute atomic E-state index is 15.5. The number of rotatable bonds is 4. The van der Waals surface area contributed by atoms with Gasteiger partial charge in [-0.2, -0.15) is 8.78 Å². The normalized spacial score (nSPS) is 11.9. The Morgan fingerprint density at radius 2 is 1.77 bits per heavy atom. The third-order valence-electron chi connectivity index (χ3n) is 4.63. The van der Waals surface area contributed by atoms with Crippen molar-refractivity contribution in [3.63, 3.8) is 0 Å². The molecular formula is C20H13ClF4N4O. The molecule has 30 heavy (non-hydrogen) atoms. The van der Waals surface area contributed by atoms with E-state index in [1.54, 1.807) is 6.92 Å². The van der Waals surface area contributed by atoms with Crippen molar-refractivity contribution >= 4 is 22.8 Å². The van der Waals surface area contributed by atoms with Crippen LogP contribution in [-0.4, -0.2) is 19.1 Å². The lowest BCUT2D eigenvalue weighted by Gasteiger charge is -2.21. The van der Waals surface area contributed by atoms with Crippen molar-refractivity contribution in [1.82, 2.24) is 19.1 Å². The second-order valence-electron chi connectivity index (χ2n) is 6.46. The molecule has 0 radical (unpaired) electrons. The standard InChI is InChI=1S/C20H13ClF4N4O/c1-2-28-10-26-16-17(28)27-19(20(24,25)11-3-8-14(22)15(23)9-11)29(18(16)30)13-6-4-12(21)5-7-13/h3-10H,2H2,1H3. The molecule has 0 atom stereocenters. The van der Waals surface area contributed by atoms with E-state index in [1.807, 2.05) is 0 Å². The number of aryl methyl sites for hydroxylation is 1. The Hall–Kier alpha value is -3.20. The van der Waals surface area contributed by atoms with Crippen LogP contribution in [0.5, 0.6) is 0 Å². The van der Waals surface area contributed by atoms with Crippen molar-refractivity contribution < 1.29 is 17.6 Å². The molecule has 2 aromatic carbocycles.